The summed E-state index contributed by atoms with van der Waals surface area (Å²) < 4.78 is 58.1. The largest absolute Gasteiger partial charge is 0.457 e. The average molecular weight is 663 g/mol. The minimum Gasteiger partial charge on any atom is -0.457 e. The van der Waals surface area contributed by atoms with Crippen LogP contribution in [-0.4, -0.2) is 97.5 Å². The summed E-state index contributed by atoms with van der Waals surface area (Å²) in [7, 11) is -5.05. The van der Waals surface area contributed by atoms with Crippen molar-refractivity contribution in [3.05, 3.63) is 48.6 Å². The van der Waals surface area contributed by atoms with Crippen LogP contribution >= 0.6 is 0 Å². The Morgan fingerprint density at radius 1 is 0.867 bits per heavy atom. The molecule has 0 saturated carbocycles. The molecule has 0 aliphatic carbocycles. The van der Waals surface area contributed by atoms with Crippen molar-refractivity contribution in [2.75, 3.05) is 26.4 Å². The Hall–Kier alpha value is -1.94. The van der Waals surface area contributed by atoms with Crippen LogP contribution < -0.4 is 0 Å². The number of aliphatic hydroxyl groups excluding tert-OH is 3. The highest BCUT2D eigenvalue weighted by Gasteiger charge is 2.48. The van der Waals surface area contributed by atoms with Gasteiger partial charge in [-0.1, -0.05) is 81.7 Å². The molecule has 0 aromatic heterocycles. The van der Waals surface area contributed by atoms with Crippen LogP contribution in [0.3, 0.4) is 0 Å². The highest BCUT2D eigenvalue weighted by atomic mass is 32.3. The van der Waals surface area contributed by atoms with E-state index in [1.807, 2.05) is 0 Å². The molecule has 6 atom stereocenters. The number of carbonyl (C=O) groups excluding carboxylic acids is 1. The van der Waals surface area contributed by atoms with E-state index in [2.05, 4.69) is 66.6 Å². The molecule has 0 aromatic carbocycles. The van der Waals surface area contributed by atoms with Gasteiger partial charge in [0.15, 0.2) is 6.29 Å². The number of unbranched alkanes of at least 4 members (excludes halogenated alkanes) is 4. The van der Waals surface area contributed by atoms with Gasteiger partial charge < -0.3 is 34.3 Å². The summed E-state index contributed by atoms with van der Waals surface area (Å²) in [5.41, 5.74) is 0. The minimum atomic E-state index is -5.05. The first-order chi connectivity index (χ1) is 21.6. The number of hydrogen-bond donors (Lipinski definition) is 4. The standard InChI is InChI=1S/C32H54O12S/c1-3-5-7-9-10-11-12-13-14-15-16-17-18-20-22-40-24-26(42-28(34)21-19-8-6-4-2)25-41-32-30(36)31(44-45(37,38)39)29(35)27(23-33)43-32/h5,7,10-11,13-14,16-17,26-27,29-33,35-36H,3-4,6,8-9,12,15,18-25H2,1-2H3,(H,37,38,39)/b7-5-,11-10-,14-13-,17-16-. The number of esters is 1. The third-order valence-corrected chi connectivity index (χ3v) is 7.18. The van der Waals surface area contributed by atoms with Gasteiger partial charge in [0.05, 0.1) is 19.8 Å². The molecule has 4 N–H and O–H groups in total. The van der Waals surface area contributed by atoms with Crippen LogP contribution in [0.5, 0.6) is 0 Å². The van der Waals surface area contributed by atoms with Gasteiger partial charge in [-0.2, -0.15) is 8.42 Å². The van der Waals surface area contributed by atoms with Gasteiger partial charge in [0.2, 0.25) is 0 Å². The van der Waals surface area contributed by atoms with Crippen molar-refractivity contribution in [2.45, 2.75) is 121 Å². The number of rotatable bonds is 25. The molecule has 0 amide bonds. The molecule has 1 saturated heterocycles. The second-order valence-corrected chi connectivity index (χ2v) is 11.7. The molecular weight excluding hydrogens is 608 g/mol. The first-order valence-corrected chi connectivity index (χ1v) is 17.3. The van der Waals surface area contributed by atoms with E-state index in [4.69, 9.17) is 23.5 Å². The summed E-state index contributed by atoms with van der Waals surface area (Å²) in [6.45, 7) is 3.52. The molecule has 0 spiro atoms. The zero-order valence-electron chi connectivity index (χ0n) is 26.7. The van der Waals surface area contributed by atoms with Gasteiger partial charge in [0.25, 0.3) is 0 Å². The molecule has 45 heavy (non-hydrogen) atoms. The van der Waals surface area contributed by atoms with Crippen LogP contribution in [0.1, 0.15) is 84.5 Å². The summed E-state index contributed by atoms with van der Waals surface area (Å²) in [5, 5.41) is 30.2. The molecule has 1 rings (SSSR count). The molecule has 6 unspecified atom stereocenters. The summed E-state index contributed by atoms with van der Waals surface area (Å²) in [4.78, 5) is 12.4. The fourth-order valence-electron chi connectivity index (χ4n) is 4.32. The van der Waals surface area contributed by atoms with Crippen molar-refractivity contribution >= 4 is 16.4 Å². The SMILES string of the molecule is CC/C=C\C/C=C\C/C=C\C/C=C\CCCOCC(COC1OC(CO)C(O)C(OS(=O)(=O)O)C1O)OC(=O)CCCCCC. The lowest BCUT2D eigenvalue weighted by molar-refractivity contribution is -0.301. The third kappa shape index (κ3) is 20.0. The highest BCUT2D eigenvalue weighted by molar-refractivity contribution is 7.80. The van der Waals surface area contributed by atoms with Gasteiger partial charge in [-0.05, 0) is 44.9 Å². The van der Waals surface area contributed by atoms with E-state index in [9.17, 15) is 28.5 Å². The number of carbonyl (C=O) groups is 1. The van der Waals surface area contributed by atoms with Crippen molar-refractivity contribution in [1.29, 1.82) is 0 Å². The Morgan fingerprint density at radius 3 is 2.11 bits per heavy atom. The fraction of sp³-hybridized carbons (Fsp3) is 0.719. The molecule has 260 valence electrons. The smallest absolute Gasteiger partial charge is 0.397 e. The normalized spacial score (nSPS) is 23.6. The Bertz CT molecular complexity index is 994. The van der Waals surface area contributed by atoms with Gasteiger partial charge in [-0.15, -0.1) is 0 Å². The van der Waals surface area contributed by atoms with Crippen LogP contribution in [-0.2, 0) is 38.3 Å². The molecule has 0 bridgehead atoms. The van der Waals surface area contributed by atoms with E-state index in [0.717, 1.165) is 57.8 Å². The number of ether oxygens (including phenoxy) is 4. The molecule has 0 aromatic rings. The number of aliphatic hydroxyl groups is 3. The molecule has 1 fully saturated rings. The van der Waals surface area contributed by atoms with Crippen LogP contribution in [0.25, 0.3) is 0 Å². The van der Waals surface area contributed by atoms with E-state index >= 15 is 0 Å². The number of allylic oxidation sites excluding steroid dienone is 8. The van der Waals surface area contributed by atoms with Crippen LogP contribution in [0.15, 0.2) is 48.6 Å². The molecule has 1 heterocycles. The second kappa shape index (κ2) is 25.2. The molecule has 13 heteroatoms. The maximum absolute atomic E-state index is 12.4. The van der Waals surface area contributed by atoms with E-state index < -0.39 is 59.8 Å². The van der Waals surface area contributed by atoms with Gasteiger partial charge in [0, 0.05) is 13.0 Å². The molecule has 1 aliphatic heterocycles. The quantitative estimate of drug-likeness (QED) is 0.0477. The van der Waals surface area contributed by atoms with E-state index in [1.54, 1.807) is 0 Å². The topological polar surface area (TPSA) is 178 Å². The highest BCUT2D eigenvalue weighted by Crippen LogP contribution is 2.25. The lowest BCUT2D eigenvalue weighted by Gasteiger charge is -2.41. The Balaban J connectivity index is 2.56. The van der Waals surface area contributed by atoms with Crippen molar-refractivity contribution < 1.29 is 56.2 Å². The zero-order chi connectivity index (χ0) is 33.3. The lowest BCUT2D eigenvalue weighted by Crippen LogP contribution is -2.60. The van der Waals surface area contributed by atoms with Crippen LogP contribution in [0.2, 0.25) is 0 Å². The van der Waals surface area contributed by atoms with E-state index in [0.29, 0.717) is 13.0 Å². The van der Waals surface area contributed by atoms with Gasteiger partial charge in [-0.25, -0.2) is 4.18 Å². The Labute approximate surface area is 268 Å². The van der Waals surface area contributed by atoms with Gasteiger partial charge in [-0.3, -0.25) is 9.35 Å². The van der Waals surface area contributed by atoms with Crippen molar-refractivity contribution in [1.82, 2.24) is 0 Å². The minimum absolute atomic E-state index is 0.00524. The van der Waals surface area contributed by atoms with Crippen LogP contribution in [0.4, 0.5) is 0 Å². The lowest BCUT2D eigenvalue weighted by atomic mass is 9.99. The van der Waals surface area contributed by atoms with Crippen molar-refractivity contribution in [3.8, 4) is 0 Å². The summed E-state index contributed by atoms with van der Waals surface area (Å²) in [6.07, 6.45) is 16.8. The molecular formula is C32H54O12S. The van der Waals surface area contributed by atoms with Crippen LogP contribution in [0, 0.1) is 0 Å². The Morgan fingerprint density at radius 2 is 1.51 bits per heavy atom. The maximum atomic E-state index is 12.4. The summed E-state index contributed by atoms with van der Waals surface area (Å²) >= 11 is 0. The zero-order valence-corrected chi connectivity index (χ0v) is 27.5. The van der Waals surface area contributed by atoms with Crippen molar-refractivity contribution in [2.24, 2.45) is 0 Å². The average Bonchev–Trinajstić information content (AvgIpc) is 3.00. The molecule has 1 aliphatic rings. The molecule has 0 radical (unpaired) electrons. The van der Waals surface area contributed by atoms with Gasteiger partial charge >= 0.3 is 16.4 Å². The van der Waals surface area contributed by atoms with Crippen molar-refractivity contribution in [3.63, 3.8) is 0 Å². The monoisotopic (exact) mass is 662 g/mol. The number of hydrogen-bond acceptors (Lipinski definition) is 11. The first-order valence-electron chi connectivity index (χ1n) is 15.9. The third-order valence-electron chi connectivity index (χ3n) is 6.72. The second-order valence-electron chi connectivity index (χ2n) is 10.7. The first kappa shape index (κ1) is 41.1. The maximum Gasteiger partial charge on any atom is 0.397 e. The van der Waals surface area contributed by atoms with E-state index in [1.165, 1.54) is 0 Å². The van der Waals surface area contributed by atoms with Gasteiger partial charge in [0.1, 0.15) is 30.5 Å². The predicted molar refractivity (Wildman–Crippen MR) is 170 cm³/mol. The predicted octanol–water partition coefficient (Wildman–Crippen LogP) is 4.11. The molecule has 12 nitrogen and oxygen atoms in total. The summed E-state index contributed by atoms with van der Waals surface area (Å²) in [5.74, 6) is -0.440. The summed E-state index contributed by atoms with van der Waals surface area (Å²) in [6, 6.07) is 0. The Kier molecular flexibility index (Phi) is 23.0. The van der Waals surface area contributed by atoms with E-state index in [-0.39, 0.29) is 19.6 Å². The fourth-order valence-corrected chi connectivity index (χ4v) is 4.83.